The highest BCUT2D eigenvalue weighted by atomic mass is 35.5. The van der Waals surface area contributed by atoms with Gasteiger partial charge in [0.05, 0.1) is 30.3 Å². The van der Waals surface area contributed by atoms with Gasteiger partial charge in [-0.25, -0.2) is 14.8 Å². The number of hydrogen-bond donors (Lipinski definition) is 2. The minimum atomic E-state index is -0.472. The number of halogens is 1. The molecular weight excluding hydrogens is 594 g/mol. The highest BCUT2D eigenvalue weighted by molar-refractivity contribution is 7.17. The Morgan fingerprint density at radius 2 is 1.70 bits per heavy atom. The van der Waals surface area contributed by atoms with Crippen molar-refractivity contribution in [2.45, 2.75) is 31.7 Å². The lowest BCUT2D eigenvalue weighted by atomic mass is 9.83. The lowest BCUT2D eigenvalue weighted by Crippen LogP contribution is -2.17. The lowest BCUT2D eigenvalue weighted by molar-refractivity contribution is 0.0601. The van der Waals surface area contributed by atoms with E-state index in [0.717, 1.165) is 28.8 Å². The van der Waals surface area contributed by atoms with Gasteiger partial charge in [0.25, 0.3) is 5.91 Å². The summed E-state index contributed by atoms with van der Waals surface area (Å²) in [5, 5.41) is 4.10. The Morgan fingerprint density at radius 3 is 2.43 bits per heavy atom. The summed E-state index contributed by atoms with van der Waals surface area (Å²) in [5.74, 6) is -0.371. The summed E-state index contributed by atoms with van der Waals surface area (Å²) in [4.78, 5) is 37.9. The molecule has 10 heteroatoms. The van der Waals surface area contributed by atoms with Gasteiger partial charge in [0.2, 0.25) is 0 Å². The van der Waals surface area contributed by atoms with Crippen LogP contribution in [0.1, 0.15) is 54.6 Å². The van der Waals surface area contributed by atoms with Gasteiger partial charge in [-0.2, -0.15) is 0 Å². The second kappa shape index (κ2) is 11.4. The van der Waals surface area contributed by atoms with E-state index < -0.39 is 11.9 Å². The standard InChI is InChI=1S/C34H28ClN5O3S/c1-43-34(42)27-23-16-13-21(20-7-3-2-4-8-20)17-26(23)44-33(27)39-32(41)28-29-31(38-25-10-6-5-9-24(25)37-29)40(30(28)36)18-19-11-14-22(35)15-12-19/h2-12,14-15,21H,13,16-18,36H2,1H3,(H,39,41). The Morgan fingerprint density at radius 1 is 1.00 bits per heavy atom. The van der Waals surface area contributed by atoms with Gasteiger partial charge >= 0.3 is 5.97 Å². The van der Waals surface area contributed by atoms with Crippen molar-refractivity contribution in [2.24, 2.45) is 0 Å². The van der Waals surface area contributed by atoms with E-state index in [2.05, 4.69) is 17.4 Å². The average molecular weight is 622 g/mol. The Bertz CT molecular complexity index is 2050. The number of rotatable bonds is 6. The van der Waals surface area contributed by atoms with E-state index in [1.165, 1.54) is 24.0 Å². The van der Waals surface area contributed by atoms with Gasteiger partial charge in [-0.1, -0.05) is 66.2 Å². The van der Waals surface area contributed by atoms with Crippen molar-refractivity contribution in [1.29, 1.82) is 0 Å². The number of thiophene rings is 1. The van der Waals surface area contributed by atoms with Gasteiger partial charge in [0.15, 0.2) is 5.65 Å². The third kappa shape index (κ3) is 4.98. The molecule has 3 aromatic carbocycles. The molecule has 7 rings (SSSR count). The van der Waals surface area contributed by atoms with Crippen LogP contribution in [-0.4, -0.2) is 33.5 Å². The minimum Gasteiger partial charge on any atom is -0.465 e. The summed E-state index contributed by atoms with van der Waals surface area (Å²) in [6.07, 6.45) is 2.40. The molecule has 1 aliphatic carbocycles. The lowest BCUT2D eigenvalue weighted by Gasteiger charge is -2.22. The molecule has 0 spiro atoms. The van der Waals surface area contributed by atoms with Crippen molar-refractivity contribution in [2.75, 3.05) is 18.2 Å². The number of anilines is 2. The molecule has 1 atom stereocenters. The SMILES string of the molecule is COC(=O)c1c(NC(=O)c2c(N)n(Cc3ccc(Cl)cc3)c3nc4ccccc4nc23)sc2c1CCC(c1ccccc1)C2. The van der Waals surface area contributed by atoms with Crippen molar-refractivity contribution in [3.8, 4) is 0 Å². The molecule has 3 N–H and O–H groups in total. The molecule has 0 radical (unpaired) electrons. The number of benzene rings is 3. The second-order valence-corrected chi connectivity index (χ2v) is 12.4. The molecule has 3 heterocycles. The van der Waals surface area contributed by atoms with Crippen molar-refractivity contribution < 1.29 is 14.3 Å². The quantitative estimate of drug-likeness (QED) is 0.190. The fraction of sp³-hybridized carbons (Fsp3) is 0.176. The number of ether oxygens (including phenoxy) is 1. The number of nitrogens with two attached hydrogens (primary N) is 1. The molecule has 0 fully saturated rings. The van der Waals surface area contributed by atoms with Crippen LogP contribution in [-0.2, 0) is 24.1 Å². The predicted molar refractivity (Wildman–Crippen MR) is 175 cm³/mol. The van der Waals surface area contributed by atoms with Gasteiger partial charge in [-0.3, -0.25) is 4.79 Å². The number of nitrogens with zero attached hydrogens (tertiary/aromatic N) is 3. The topological polar surface area (TPSA) is 112 Å². The van der Waals surface area contributed by atoms with Crippen LogP contribution < -0.4 is 11.1 Å². The monoisotopic (exact) mass is 621 g/mol. The molecule has 0 bridgehead atoms. The first-order chi connectivity index (χ1) is 21.4. The molecule has 6 aromatic rings. The Kier molecular flexibility index (Phi) is 7.27. The maximum Gasteiger partial charge on any atom is 0.341 e. The van der Waals surface area contributed by atoms with E-state index in [1.54, 1.807) is 4.57 Å². The molecule has 0 saturated carbocycles. The summed E-state index contributed by atoms with van der Waals surface area (Å²) in [5.41, 5.74) is 12.7. The van der Waals surface area contributed by atoms with Crippen molar-refractivity contribution in [3.63, 3.8) is 0 Å². The van der Waals surface area contributed by atoms with E-state index in [9.17, 15) is 9.59 Å². The maximum atomic E-state index is 14.1. The zero-order chi connectivity index (χ0) is 30.4. The van der Waals surface area contributed by atoms with Crippen LogP contribution in [0.4, 0.5) is 10.8 Å². The molecule has 0 saturated heterocycles. The van der Waals surface area contributed by atoms with Crippen LogP contribution in [0.15, 0.2) is 78.9 Å². The van der Waals surface area contributed by atoms with Gasteiger partial charge in [0, 0.05) is 9.90 Å². The average Bonchev–Trinajstić information content (AvgIpc) is 3.53. The number of nitrogen functional groups attached to an aromatic ring is 1. The number of nitrogens with one attached hydrogen (secondary N) is 1. The maximum absolute atomic E-state index is 14.1. The van der Waals surface area contributed by atoms with E-state index in [1.807, 2.05) is 66.7 Å². The van der Waals surface area contributed by atoms with Crippen LogP contribution in [0, 0.1) is 0 Å². The second-order valence-electron chi connectivity index (χ2n) is 10.9. The van der Waals surface area contributed by atoms with E-state index in [0.29, 0.717) is 56.7 Å². The van der Waals surface area contributed by atoms with Crippen molar-refractivity contribution >= 4 is 67.8 Å². The number of fused-ring (bicyclic) bond motifs is 3. The van der Waals surface area contributed by atoms with Crippen LogP contribution in [0.3, 0.4) is 0 Å². The first-order valence-corrected chi connectivity index (χ1v) is 15.5. The van der Waals surface area contributed by atoms with Crippen molar-refractivity contribution in [1.82, 2.24) is 14.5 Å². The normalized spacial score (nSPS) is 14.5. The summed E-state index contributed by atoms with van der Waals surface area (Å²) in [7, 11) is 1.36. The third-order valence-corrected chi connectivity index (χ3v) is 9.65. The summed E-state index contributed by atoms with van der Waals surface area (Å²) < 4.78 is 6.97. The third-order valence-electron chi connectivity index (χ3n) is 8.23. The van der Waals surface area contributed by atoms with E-state index in [-0.39, 0.29) is 11.4 Å². The van der Waals surface area contributed by atoms with E-state index >= 15 is 0 Å². The number of hydrogen-bond acceptors (Lipinski definition) is 7. The number of aromatic nitrogens is 3. The number of methoxy groups -OCH3 is 1. The molecule has 8 nitrogen and oxygen atoms in total. The fourth-order valence-corrected chi connectivity index (χ4v) is 7.48. The van der Waals surface area contributed by atoms with Crippen LogP contribution >= 0.6 is 22.9 Å². The highest BCUT2D eigenvalue weighted by Gasteiger charge is 2.32. The van der Waals surface area contributed by atoms with E-state index in [4.69, 9.17) is 32.0 Å². The Hall–Kier alpha value is -4.73. The predicted octanol–water partition coefficient (Wildman–Crippen LogP) is 7.24. The van der Waals surface area contributed by atoms with Crippen LogP contribution in [0.25, 0.3) is 22.2 Å². The largest absolute Gasteiger partial charge is 0.465 e. The Labute approximate surface area is 262 Å². The molecule has 44 heavy (non-hydrogen) atoms. The molecule has 1 aliphatic rings. The van der Waals surface area contributed by atoms with Crippen molar-refractivity contribution in [3.05, 3.63) is 117 Å². The van der Waals surface area contributed by atoms with Gasteiger partial charge in [-0.15, -0.1) is 11.3 Å². The minimum absolute atomic E-state index is 0.205. The summed E-state index contributed by atoms with van der Waals surface area (Å²) >= 11 is 7.54. The molecule has 220 valence electrons. The zero-order valence-corrected chi connectivity index (χ0v) is 25.4. The first kappa shape index (κ1) is 28.1. The highest BCUT2D eigenvalue weighted by Crippen LogP contribution is 2.43. The molecule has 1 amide bonds. The number of carbonyl (C=O) groups excluding carboxylic acids is 2. The number of amides is 1. The fourth-order valence-electron chi connectivity index (χ4n) is 6.04. The molecular formula is C34H28ClN5O3S. The summed E-state index contributed by atoms with van der Waals surface area (Å²) in [6.45, 7) is 0.362. The van der Waals surface area contributed by atoms with Crippen LogP contribution in [0.5, 0.6) is 0 Å². The molecule has 0 aliphatic heterocycles. The Balaban J connectivity index is 1.30. The van der Waals surface area contributed by atoms with Gasteiger partial charge < -0.3 is 20.4 Å². The zero-order valence-electron chi connectivity index (χ0n) is 23.8. The molecule has 1 unspecified atom stereocenters. The number of para-hydroxylation sites is 2. The first-order valence-electron chi connectivity index (χ1n) is 14.3. The van der Waals surface area contributed by atoms with Gasteiger partial charge in [0.1, 0.15) is 21.9 Å². The summed E-state index contributed by atoms with van der Waals surface area (Å²) in [6, 6.07) is 25.3. The number of esters is 1. The smallest absolute Gasteiger partial charge is 0.341 e. The van der Waals surface area contributed by atoms with Gasteiger partial charge in [-0.05, 0) is 66.1 Å². The van der Waals surface area contributed by atoms with Crippen LogP contribution in [0.2, 0.25) is 5.02 Å². The molecule has 3 aromatic heterocycles. The number of carbonyl (C=O) groups is 2.